The van der Waals surface area contributed by atoms with Gasteiger partial charge in [-0.2, -0.15) is 0 Å². The summed E-state index contributed by atoms with van der Waals surface area (Å²) in [5.41, 5.74) is 2.41. The van der Waals surface area contributed by atoms with Gasteiger partial charge in [0.05, 0.1) is 7.11 Å². The molecular formula is C19H25NO2. The van der Waals surface area contributed by atoms with Crippen molar-refractivity contribution in [1.82, 2.24) is 4.90 Å². The van der Waals surface area contributed by atoms with E-state index in [1.165, 1.54) is 12.0 Å². The summed E-state index contributed by atoms with van der Waals surface area (Å²) in [5.74, 6) is 1.75. The van der Waals surface area contributed by atoms with Gasteiger partial charge < -0.3 is 14.4 Å². The highest BCUT2D eigenvalue weighted by molar-refractivity contribution is 5.33. The van der Waals surface area contributed by atoms with Crippen LogP contribution in [0.25, 0.3) is 0 Å². The number of aryl methyl sites for hydroxylation is 1. The van der Waals surface area contributed by atoms with E-state index in [0.29, 0.717) is 6.61 Å². The van der Waals surface area contributed by atoms with E-state index in [1.807, 2.05) is 36.4 Å². The Morgan fingerprint density at radius 2 is 1.68 bits per heavy atom. The number of hydrogen-bond acceptors (Lipinski definition) is 3. The molecule has 0 aromatic heterocycles. The molecule has 2 aromatic rings. The summed E-state index contributed by atoms with van der Waals surface area (Å²) in [6.07, 6.45) is 2.28. The predicted molar refractivity (Wildman–Crippen MR) is 90.6 cm³/mol. The number of methoxy groups -OCH3 is 1. The summed E-state index contributed by atoms with van der Waals surface area (Å²) in [6.45, 7) is 1.63. The molecule has 0 N–H and O–H groups in total. The van der Waals surface area contributed by atoms with Gasteiger partial charge in [0.2, 0.25) is 0 Å². The SMILES string of the molecule is COc1ccccc1COc1ccc(CCCN(C)C)cc1. The second-order valence-corrected chi connectivity index (χ2v) is 5.65. The van der Waals surface area contributed by atoms with Gasteiger partial charge in [0, 0.05) is 5.56 Å². The fourth-order valence-corrected chi connectivity index (χ4v) is 2.34. The molecule has 0 saturated carbocycles. The monoisotopic (exact) mass is 299 g/mol. The lowest BCUT2D eigenvalue weighted by molar-refractivity contribution is 0.296. The summed E-state index contributed by atoms with van der Waals surface area (Å²) in [5, 5.41) is 0. The van der Waals surface area contributed by atoms with E-state index in [4.69, 9.17) is 9.47 Å². The lowest BCUT2D eigenvalue weighted by Gasteiger charge is -2.11. The van der Waals surface area contributed by atoms with E-state index < -0.39 is 0 Å². The Kier molecular flexibility index (Phi) is 6.28. The van der Waals surface area contributed by atoms with Crippen molar-refractivity contribution in [3.8, 4) is 11.5 Å². The molecule has 0 radical (unpaired) electrons. The van der Waals surface area contributed by atoms with Crippen LogP contribution in [0.15, 0.2) is 48.5 Å². The number of nitrogens with zero attached hydrogens (tertiary/aromatic N) is 1. The van der Waals surface area contributed by atoms with Crippen LogP contribution in [0, 0.1) is 0 Å². The van der Waals surface area contributed by atoms with E-state index >= 15 is 0 Å². The maximum Gasteiger partial charge on any atom is 0.125 e. The summed E-state index contributed by atoms with van der Waals surface area (Å²) in [6, 6.07) is 16.3. The third kappa shape index (κ3) is 5.08. The molecule has 0 bridgehead atoms. The molecule has 0 unspecified atom stereocenters. The first-order valence-electron chi connectivity index (χ1n) is 7.67. The first-order valence-corrected chi connectivity index (χ1v) is 7.67. The number of ether oxygens (including phenoxy) is 2. The van der Waals surface area contributed by atoms with Crippen molar-refractivity contribution in [3.63, 3.8) is 0 Å². The van der Waals surface area contributed by atoms with Crippen LogP contribution in [0.3, 0.4) is 0 Å². The topological polar surface area (TPSA) is 21.7 Å². The highest BCUT2D eigenvalue weighted by Crippen LogP contribution is 2.20. The third-order valence-corrected chi connectivity index (χ3v) is 3.58. The standard InChI is InChI=1S/C19H25NO2/c1-20(2)14-6-7-16-10-12-18(13-11-16)22-15-17-8-4-5-9-19(17)21-3/h4-5,8-13H,6-7,14-15H2,1-3H3. The number of rotatable bonds is 8. The van der Waals surface area contributed by atoms with Crippen molar-refractivity contribution in [2.45, 2.75) is 19.4 Å². The Hall–Kier alpha value is -2.00. The fourth-order valence-electron chi connectivity index (χ4n) is 2.34. The van der Waals surface area contributed by atoms with Crippen molar-refractivity contribution in [3.05, 3.63) is 59.7 Å². The second kappa shape index (κ2) is 8.44. The average molecular weight is 299 g/mol. The quantitative estimate of drug-likeness (QED) is 0.740. The van der Waals surface area contributed by atoms with Crippen LogP contribution in [0.4, 0.5) is 0 Å². The number of hydrogen-bond donors (Lipinski definition) is 0. The number of para-hydroxylation sites is 1. The Morgan fingerprint density at radius 1 is 0.955 bits per heavy atom. The lowest BCUT2D eigenvalue weighted by Crippen LogP contribution is -2.13. The van der Waals surface area contributed by atoms with Gasteiger partial charge in [0.15, 0.2) is 0 Å². The van der Waals surface area contributed by atoms with Crippen LogP contribution in [0.5, 0.6) is 11.5 Å². The smallest absolute Gasteiger partial charge is 0.125 e. The van der Waals surface area contributed by atoms with E-state index in [0.717, 1.165) is 30.0 Å². The molecule has 0 heterocycles. The minimum Gasteiger partial charge on any atom is -0.496 e. The molecule has 0 amide bonds. The van der Waals surface area contributed by atoms with E-state index in [1.54, 1.807) is 7.11 Å². The molecule has 0 aliphatic carbocycles. The maximum absolute atomic E-state index is 5.84. The zero-order chi connectivity index (χ0) is 15.8. The normalized spacial score (nSPS) is 10.7. The zero-order valence-electron chi connectivity index (χ0n) is 13.7. The molecule has 0 aliphatic rings. The summed E-state index contributed by atoms with van der Waals surface area (Å²) >= 11 is 0. The van der Waals surface area contributed by atoms with Crippen LogP contribution in [-0.2, 0) is 13.0 Å². The molecule has 0 spiro atoms. The first-order chi connectivity index (χ1) is 10.7. The molecule has 3 nitrogen and oxygen atoms in total. The first kappa shape index (κ1) is 16.4. The van der Waals surface area contributed by atoms with Gasteiger partial charge in [-0.25, -0.2) is 0 Å². The number of benzene rings is 2. The summed E-state index contributed by atoms with van der Waals surface area (Å²) in [7, 11) is 5.89. The van der Waals surface area contributed by atoms with Crippen LogP contribution in [0.2, 0.25) is 0 Å². The van der Waals surface area contributed by atoms with Gasteiger partial charge in [-0.1, -0.05) is 30.3 Å². The molecule has 118 valence electrons. The summed E-state index contributed by atoms with van der Waals surface area (Å²) in [4.78, 5) is 2.21. The van der Waals surface area contributed by atoms with Gasteiger partial charge in [-0.3, -0.25) is 0 Å². The second-order valence-electron chi connectivity index (χ2n) is 5.65. The van der Waals surface area contributed by atoms with Gasteiger partial charge in [0.1, 0.15) is 18.1 Å². The van der Waals surface area contributed by atoms with Crippen molar-refractivity contribution >= 4 is 0 Å². The van der Waals surface area contributed by atoms with Gasteiger partial charge in [-0.15, -0.1) is 0 Å². The van der Waals surface area contributed by atoms with Gasteiger partial charge >= 0.3 is 0 Å². The lowest BCUT2D eigenvalue weighted by atomic mass is 10.1. The van der Waals surface area contributed by atoms with Crippen LogP contribution < -0.4 is 9.47 Å². The summed E-state index contributed by atoms with van der Waals surface area (Å²) < 4.78 is 11.2. The third-order valence-electron chi connectivity index (χ3n) is 3.58. The average Bonchev–Trinajstić information content (AvgIpc) is 2.54. The molecule has 22 heavy (non-hydrogen) atoms. The van der Waals surface area contributed by atoms with Gasteiger partial charge in [0.25, 0.3) is 0 Å². The van der Waals surface area contributed by atoms with Crippen LogP contribution in [0.1, 0.15) is 17.5 Å². The minimum atomic E-state index is 0.518. The molecule has 2 aromatic carbocycles. The van der Waals surface area contributed by atoms with Crippen molar-refractivity contribution in [2.24, 2.45) is 0 Å². The Labute approximate surface area is 133 Å². The van der Waals surface area contributed by atoms with E-state index in [9.17, 15) is 0 Å². The molecule has 0 aliphatic heterocycles. The molecule has 2 rings (SSSR count). The Balaban J connectivity index is 1.86. The van der Waals surface area contributed by atoms with Crippen LogP contribution in [-0.4, -0.2) is 32.6 Å². The van der Waals surface area contributed by atoms with E-state index in [-0.39, 0.29) is 0 Å². The molecule has 0 atom stereocenters. The highest BCUT2D eigenvalue weighted by Gasteiger charge is 2.03. The molecular weight excluding hydrogens is 274 g/mol. The van der Waals surface area contributed by atoms with Crippen molar-refractivity contribution < 1.29 is 9.47 Å². The van der Waals surface area contributed by atoms with Gasteiger partial charge in [-0.05, 0) is 57.2 Å². The Bertz CT molecular complexity index is 564. The molecule has 0 fully saturated rings. The van der Waals surface area contributed by atoms with Crippen molar-refractivity contribution in [1.29, 1.82) is 0 Å². The van der Waals surface area contributed by atoms with Crippen LogP contribution >= 0.6 is 0 Å². The molecule has 3 heteroatoms. The van der Waals surface area contributed by atoms with E-state index in [2.05, 4.69) is 31.1 Å². The molecule has 0 saturated heterocycles. The Morgan fingerprint density at radius 3 is 2.36 bits per heavy atom. The maximum atomic E-state index is 5.84. The van der Waals surface area contributed by atoms with Crippen molar-refractivity contribution in [2.75, 3.05) is 27.7 Å². The highest BCUT2D eigenvalue weighted by atomic mass is 16.5. The minimum absolute atomic E-state index is 0.518. The largest absolute Gasteiger partial charge is 0.496 e. The fraction of sp³-hybridized carbons (Fsp3) is 0.368. The predicted octanol–water partition coefficient (Wildman–Crippen LogP) is 3.77. The zero-order valence-corrected chi connectivity index (χ0v) is 13.7.